The van der Waals surface area contributed by atoms with Crippen LogP contribution in [0.3, 0.4) is 0 Å². The van der Waals surface area contributed by atoms with Gasteiger partial charge in [-0.15, -0.1) is 0 Å². The molecule has 2 heterocycles. The highest BCUT2D eigenvalue weighted by Gasteiger charge is 2.13. The van der Waals surface area contributed by atoms with Gasteiger partial charge < -0.3 is 14.6 Å². The molecule has 0 aliphatic heterocycles. The first kappa shape index (κ1) is 16.8. The molecule has 0 bridgehead atoms. The normalized spacial score (nSPS) is 10.6. The lowest BCUT2D eigenvalue weighted by atomic mass is 10.0. The van der Waals surface area contributed by atoms with Gasteiger partial charge in [-0.1, -0.05) is 29.4 Å². The predicted molar refractivity (Wildman–Crippen MR) is 91.4 cm³/mol. The molecule has 1 amide bonds. The van der Waals surface area contributed by atoms with Gasteiger partial charge >= 0.3 is 0 Å². The lowest BCUT2D eigenvalue weighted by molar-refractivity contribution is -0.124. The number of amides is 1. The average molecular weight is 338 g/mol. The molecule has 7 nitrogen and oxygen atoms in total. The Morgan fingerprint density at radius 3 is 2.76 bits per heavy atom. The third-order valence-electron chi connectivity index (χ3n) is 3.60. The topological polar surface area (TPSA) is 90.1 Å². The SMILES string of the molecule is COCC(=O)NCc1ccc(-c2ncncc2-c2cc(C)no2)cc1. The summed E-state index contributed by atoms with van der Waals surface area (Å²) in [6, 6.07) is 9.64. The summed E-state index contributed by atoms with van der Waals surface area (Å²) in [6.45, 7) is 2.36. The van der Waals surface area contributed by atoms with Crippen molar-refractivity contribution in [2.75, 3.05) is 13.7 Å². The second kappa shape index (κ2) is 7.67. The molecule has 0 saturated carbocycles. The number of carbonyl (C=O) groups excluding carboxylic acids is 1. The zero-order valence-electron chi connectivity index (χ0n) is 14.0. The minimum absolute atomic E-state index is 0.0545. The number of aryl methyl sites for hydroxylation is 1. The summed E-state index contributed by atoms with van der Waals surface area (Å²) in [5, 5.41) is 6.70. The van der Waals surface area contributed by atoms with Gasteiger partial charge in [0.05, 0.1) is 17.0 Å². The zero-order chi connectivity index (χ0) is 17.6. The first-order chi connectivity index (χ1) is 12.2. The Morgan fingerprint density at radius 2 is 2.08 bits per heavy atom. The Balaban J connectivity index is 1.80. The van der Waals surface area contributed by atoms with Crippen molar-refractivity contribution >= 4 is 5.91 Å². The van der Waals surface area contributed by atoms with E-state index in [4.69, 9.17) is 9.26 Å². The Hall–Kier alpha value is -3.06. The van der Waals surface area contributed by atoms with E-state index in [1.165, 1.54) is 13.4 Å². The first-order valence-corrected chi connectivity index (χ1v) is 7.76. The van der Waals surface area contributed by atoms with Crippen LogP contribution in [0, 0.1) is 6.92 Å². The number of carbonyl (C=O) groups is 1. The smallest absolute Gasteiger partial charge is 0.246 e. The molecular formula is C18H18N4O3. The lowest BCUT2D eigenvalue weighted by Gasteiger charge is -2.08. The molecule has 0 spiro atoms. The largest absolute Gasteiger partial charge is 0.375 e. The maximum Gasteiger partial charge on any atom is 0.246 e. The van der Waals surface area contributed by atoms with E-state index in [-0.39, 0.29) is 12.5 Å². The maximum absolute atomic E-state index is 11.4. The molecule has 128 valence electrons. The number of hydrogen-bond donors (Lipinski definition) is 1. The Kier molecular flexibility index (Phi) is 5.15. The second-order valence-corrected chi connectivity index (χ2v) is 5.52. The van der Waals surface area contributed by atoms with Crippen molar-refractivity contribution in [1.29, 1.82) is 0 Å². The van der Waals surface area contributed by atoms with E-state index in [2.05, 4.69) is 20.4 Å². The van der Waals surface area contributed by atoms with Crippen LogP contribution < -0.4 is 5.32 Å². The molecule has 1 N–H and O–H groups in total. The Bertz CT molecular complexity index is 859. The number of nitrogens with one attached hydrogen (secondary N) is 1. The number of ether oxygens (including phenoxy) is 1. The van der Waals surface area contributed by atoms with Crippen LogP contribution in [0.4, 0.5) is 0 Å². The van der Waals surface area contributed by atoms with Crippen LogP contribution in [0.15, 0.2) is 47.4 Å². The number of methoxy groups -OCH3 is 1. The van der Waals surface area contributed by atoms with Crippen LogP contribution in [0.1, 0.15) is 11.3 Å². The van der Waals surface area contributed by atoms with Crippen molar-refractivity contribution in [1.82, 2.24) is 20.4 Å². The van der Waals surface area contributed by atoms with E-state index in [9.17, 15) is 4.79 Å². The monoisotopic (exact) mass is 338 g/mol. The molecule has 0 saturated heterocycles. The number of nitrogens with zero attached hydrogens (tertiary/aromatic N) is 3. The maximum atomic E-state index is 11.4. The standard InChI is InChI=1S/C18H18N4O3/c1-12-7-16(25-22-12)15-9-19-11-21-18(15)14-5-3-13(4-6-14)8-20-17(23)10-24-2/h3-7,9,11H,8,10H2,1-2H3,(H,20,23). The molecule has 0 atom stereocenters. The number of hydrogen-bond acceptors (Lipinski definition) is 6. The third kappa shape index (κ3) is 4.07. The number of rotatable bonds is 6. The van der Waals surface area contributed by atoms with E-state index in [0.717, 1.165) is 28.1 Å². The lowest BCUT2D eigenvalue weighted by Crippen LogP contribution is -2.26. The van der Waals surface area contributed by atoms with Gasteiger partial charge in [-0.25, -0.2) is 9.97 Å². The van der Waals surface area contributed by atoms with Crippen molar-refractivity contribution in [2.45, 2.75) is 13.5 Å². The Labute approximate surface area is 145 Å². The molecule has 0 aliphatic carbocycles. The predicted octanol–water partition coefficient (Wildman–Crippen LogP) is 2.37. The Morgan fingerprint density at radius 1 is 1.28 bits per heavy atom. The van der Waals surface area contributed by atoms with E-state index in [1.54, 1.807) is 6.20 Å². The molecule has 0 fully saturated rings. The van der Waals surface area contributed by atoms with Gasteiger partial charge in [0.2, 0.25) is 5.91 Å². The van der Waals surface area contributed by atoms with E-state index in [0.29, 0.717) is 12.3 Å². The number of benzene rings is 1. The molecular weight excluding hydrogens is 320 g/mol. The fourth-order valence-electron chi connectivity index (χ4n) is 2.39. The summed E-state index contributed by atoms with van der Waals surface area (Å²) in [4.78, 5) is 19.9. The molecule has 7 heteroatoms. The summed E-state index contributed by atoms with van der Waals surface area (Å²) in [5.74, 6) is 0.481. The van der Waals surface area contributed by atoms with Gasteiger partial charge in [0.25, 0.3) is 0 Å². The first-order valence-electron chi connectivity index (χ1n) is 7.76. The molecule has 25 heavy (non-hydrogen) atoms. The van der Waals surface area contributed by atoms with Crippen molar-refractivity contribution in [2.24, 2.45) is 0 Å². The summed E-state index contributed by atoms with van der Waals surface area (Å²) in [5.41, 5.74) is 4.26. The minimum atomic E-state index is -0.148. The summed E-state index contributed by atoms with van der Waals surface area (Å²) >= 11 is 0. The zero-order valence-corrected chi connectivity index (χ0v) is 14.0. The van der Waals surface area contributed by atoms with Crippen LogP contribution >= 0.6 is 0 Å². The quantitative estimate of drug-likeness (QED) is 0.742. The third-order valence-corrected chi connectivity index (χ3v) is 3.60. The molecule has 3 rings (SSSR count). The van der Waals surface area contributed by atoms with Crippen LogP contribution in [-0.4, -0.2) is 34.7 Å². The van der Waals surface area contributed by atoms with E-state index >= 15 is 0 Å². The van der Waals surface area contributed by atoms with Crippen LogP contribution in [0.5, 0.6) is 0 Å². The summed E-state index contributed by atoms with van der Waals surface area (Å²) < 4.78 is 10.1. The fourth-order valence-corrected chi connectivity index (χ4v) is 2.39. The van der Waals surface area contributed by atoms with Gasteiger partial charge in [-0.05, 0) is 12.5 Å². The summed E-state index contributed by atoms with van der Waals surface area (Å²) in [7, 11) is 1.49. The highest BCUT2D eigenvalue weighted by Crippen LogP contribution is 2.29. The summed E-state index contributed by atoms with van der Waals surface area (Å²) in [6.07, 6.45) is 3.21. The molecule has 2 aromatic heterocycles. The highest BCUT2D eigenvalue weighted by molar-refractivity contribution is 5.78. The van der Waals surface area contributed by atoms with E-state index < -0.39 is 0 Å². The molecule has 3 aromatic rings. The second-order valence-electron chi connectivity index (χ2n) is 5.52. The number of aromatic nitrogens is 3. The van der Waals surface area contributed by atoms with Crippen molar-refractivity contribution in [3.05, 3.63) is 54.1 Å². The van der Waals surface area contributed by atoms with Gasteiger partial charge in [0.15, 0.2) is 5.76 Å². The van der Waals surface area contributed by atoms with Gasteiger partial charge in [0.1, 0.15) is 12.9 Å². The fraction of sp³-hybridized carbons (Fsp3) is 0.222. The van der Waals surface area contributed by atoms with Crippen molar-refractivity contribution < 1.29 is 14.1 Å². The molecule has 1 aromatic carbocycles. The molecule has 0 radical (unpaired) electrons. The van der Waals surface area contributed by atoms with Gasteiger partial charge in [-0.2, -0.15) is 0 Å². The van der Waals surface area contributed by atoms with Gasteiger partial charge in [0, 0.05) is 31.5 Å². The van der Waals surface area contributed by atoms with Crippen molar-refractivity contribution in [3.63, 3.8) is 0 Å². The average Bonchev–Trinajstić information content (AvgIpc) is 3.07. The van der Waals surface area contributed by atoms with Gasteiger partial charge in [-0.3, -0.25) is 4.79 Å². The minimum Gasteiger partial charge on any atom is -0.375 e. The van der Waals surface area contributed by atoms with Crippen LogP contribution in [0.2, 0.25) is 0 Å². The molecule has 0 unspecified atom stereocenters. The highest BCUT2D eigenvalue weighted by atomic mass is 16.5. The van der Waals surface area contributed by atoms with Crippen LogP contribution in [0.25, 0.3) is 22.6 Å². The van der Waals surface area contributed by atoms with Crippen molar-refractivity contribution in [3.8, 4) is 22.6 Å². The molecule has 0 aliphatic rings. The van der Waals surface area contributed by atoms with E-state index in [1.807, 2.05) is 37.3 Å². The van der Waals surface area contributed by atoms with Crippen LogP contribution in [-0.2, 0) is 16.1 Å².